The fourth-order valence-electron chi connectivity index (χ4n) is 2.60. The van der Waals surface area contributed by atoms with Gasteiger partial charge in [0, 0.05) is 5.69 Å². The molecule has 24 heavy (non-hydrogen) atoms. The summed E-state index contributed by atoms with van der Waals surface area (Å²) in [6, 6.07) is 7.73. The molecule has 0 bridgehead atoms. The average Bonchev–Trinajstić information content (AvgIpc) is 2.50. The fourth-order valence-corrected chi connectivity index (χ4v) is 3.85. The molecule has 2 N–H and O–H groups in total. The highest BCUT2D eigenvalue weighted by molar-refractivity contribution is 7.92. The van der Waals surface area contributed by atoms with Crippen molar-refractivity contribution in [2.75, 3.05) is 15.8 Å². The van der Waals surface area contributed by atoms with Gasteiger partial charge in [0.2, 0.25) is 10.0 Å². The maximum Gasteiger partial charge on any atom is 0.232 e. The Bertz CT molecular complexity index is 777. The highest BCUT2D eigenvalue weighted by Gasteiger charge is 2.10. The number of aryl methyl sites for hydroxylation is 3. The second kappa shape index (κ2) is 7.66. The van der Waals surface area contributed by atoms with E-state index >= 15 is 0 Å². The number of nitrogens with one attached hydrogen (secondary N) is 2. The third-order valence-corrected chi connectivity index (χ3v) is 5.11. The zero-order chi connectivity index (χ0) is 17.7. The Labute approximate surface area is 144 Å². The van der Waals surface area contributed by atoms with Crippen molar-refractivity contribution in [3.05, 3.63) is 47.2 Å². The summed E-state index contributed by atoms with van der Waals surface area (Å²) < 4.78 is 26.4. The van der Waals surface area contributed by atoms with E-state index in [0.717, 1.165) is 23.2 Å². The van der Waals surface area contributed by atoms with Crippen LogP contribution in [-0.4, -0.2) is 19.2 Å². The molecule has 1 aromatic heterocycles. The molecule has 0 radical (unpaired) electrons. The third-order valence-electron chi connectivity index (χ3n) is 3.73. The summed E-state index contributed by atoms with van der Waals surface area (Å²) in [5, 5.41) is 3.30. The number of pyridine rings is 1. The Morgan fingerprint density at radius 3 is 2.29 bits per heavy atom. The molecular formula is C18H25N3O2S. The molecular weight excluding hydrogens is 322 g/mol. The summed E-state index contributed by atoms with van der Waals surface area (Å²) in [5.74, 6) is 0.812. The van der Waals surface area contributed by atoms with Crippen LogP contribution in [0.25, 0.3) is 0 Å². The minimum atomic E-state index is -3.30. The van der Waals surface area contributed by atoms with Crippen molar-refractivity contribution in [2.45, 2.75) is 40.5 Å². The summed E-state index contributed by atoms with van der Waals surface area (Å²) in [7, 11) is -3.30. The number of aromatic nitrogens is 1. The van der Waals surface area contributed by atoms with Gasteiger partial charge in [0.15, 0.2) is 0 Å². The van der Waals surface area contributed by atoms with Gasteiger partial charge in [-0.1, -0.05) is 31.0 Å². The van der Waals surface area contributed by atoms with Crippen LogP contribution in [0.3, 0.4) is 0 Å². The first-order valence-electron chi connectivity index (χ1n) is 8.12. The van der Waals surface area contributed by atoms with E-state index in [1.54, 1.807) is 12.1 Å². The third kappa shape index (κ3) is 4.96. The van der Waals surface area contributed by atoms with Crippen molar-refractivity contribution in [3.8, 4) is 0 Å². The second-order valence-electron chi connectivity index (χ2n) is 6.11. The van der Waals surface area contributed by atoms with Crippen LogP contribution < -0.4 is 10.0 Å². The molecule has 0 spiro atoms. The van der Waals surface area contributed by atoms with E-state index in [4.69, 9.17) is 0 Å². The molecule has 0 unspecified atom stereocenters. The predicted octanol–water partition coefficient (Wildman–Crippen LogP) is 4.29. The summed E-state index contributed by atoms with van der Waals surface area (Å²) in [4.78, 5) is 4.31. The van der Waals surface area contributed by atoms with Gasteiger partial charge < -0.3 is 5.32 Å². The van der Waals surface area contributed by atoms with Gasteiger partial charge in [-0.25, -0.2) is 13.4 Å². The Balaban J connectivity index is 2.10. The van der Waals surface area contributed by atoms with Gasteiger partial charge in [0.05, 0.1) is 17.6 Å². The van der Waals surface area contributed by atoms with Crippen LogP contribution in [-0.2, 0) is 10.0 Å². The molecule has 0 aliphatic rings. The van der Waals surface area contributed by atoms with Gasteiger partial charge in [-0.05, 0) is 50.5 Å². The van der Waals surface area contributed by atoms with Gasteiger partial charge in [-0.15, -0.1) is 0 Å². The molecule has 130 valence electrons. The molecule has 0 saturated carbocycles. The van der Waals surface area contributed by atoms with E-state index < -0.39 is 10.0 Å². The number of nitrogens with zero attached hydrogens (tertiary/aromatic N) is 1. The first-order chi connectivity index (χ1) is 11.3. The van der Waals surface area contributed by atoms with Gasteiger partial charge in [-0.2, -0.15) is 0 Å². The standard InChI is InChI=1S/C18H25N3O2S/c1-5-6-9-24(22,23)21-16-7-8-17(19-12-16)20-18-14(3)10-13(2)11-15(18)4/h7-8,10-12,21H,5-6,9H2,1-4H3,(H,19,20). The van der Waals surface area contributed by atoms with Crippen LogP contribution in [0.1, 0.15) is 36.5 Å². The van der Waals surface area contributed by atoms with Crippen molar-refractivity contribution in [1.82, 2.24) is 4.98 Å². The molecule has 0 atom stereocenters. The van der Waals surface area contributed by atoms with E-state index in [1.165, 1.54) is 11.8 Å². The van der Waals surface area contributed by atoms with Gasteiger partial charge in [0.25, 0.3) is 0 Å². The smallest absolute Gasteiger partial charge is 0.232 e. The first kappa shape index (κ1) is 18.3. The number of sulfonamides is 1. The monoisotopic (exact) mass is 347 g/mol. The lowest BCUT2D eigenvalue weighted by Crippen LogP contribution is -2.16. The Morgan fingerprint density at radius 1 is 1.08 bits per heavy atom. The molecule has 6 heteroatoms. The van der Waals surface area contributed by atoms with Crippen LogP contribution in [0.15, 0.2) is 30.5 Å². The lowest BCUT2D eigenvalue weighted by Gasteiger charge is -2.14. The van der Waals surface area contributed by atoms with E-state index in [0.29, 0.717) is 17.9 Å². The number of hydrogen-bond acceptors (Lipinski definition) is 4. The van der Waals surface area contributed by atoms with Crippen LogP contribution in [0.4, 0.5) is 17.2 Å². The predicted molar refractivity (Wildman–Crippen MR) is 100 cm³/mol. The van der Waals surface area contributed by atoms with Crippen molar-refractivity contribution in [1.29, 1.82) is 0 Å². The zero-order valence-corrected chi connectivity index (χ0v) is 15.5. The SMILES string of the molecule is CCCCS(=O)(=O)Nc1ccc(Nc2c(C)cc(C)cc2C)nc1. The van der Waals surface area contributed by atoms with Crippen LogP contribution in [0.2, 0.25) is 0 Å². The van der Waals surface area contributed by atoms with Gasteiger partial charge in [-0.3, -0.25) is 4.72 Å². The van der Waals surface area contributed by atoms with E-state index in [9.17, 15) is 8.42 Å². The Hall–Kier alpha value is -2.08. The van der Waals surface area contributed by atoms with Crippen molar-refractivity contribution < 1.29 is 8.42 Å². The number of benzene rings is 1. The van der Waals surface area contributed by atoms with Crippen LogP contribution in [0.5, 0.6) is 0 Å². The maximum atomic E-state index is 11.9. The molecule has 0 amide bonds. The lowest BCUT2D eigenvalue weighted by atomic mass is 10.1. The molecule has 0 saturated heterocycles. The Kier molecular flexibility index (Phi) is 5.83. The Morgan fingerprint density at radius 2 is 1.75 bits per heavy atom. The summed E-state index contributed by atoms with van der Waals surface area (Å²) in [6.45, 7) is 8.14. The van der Waals surface area contributed by atoms with Gasteiger partial charge >= 0.3 is 0 Å². The van der Waals surface area contributed by atoms with Crippen LogP contribution >= 0.6 is 0 Å². The minimum Gasteiger partial charge on any atom is -0.340 e. The lowest BCUT2D eigenvalue weighted by molar-refractivity contribution is 0.598. The average molecular weight is 347 g/mol. The zero-order valence-electron chi connectivity index (χ0n) is 14.7. The van der Waals surface area contributed by atoms with E-state index in [-0.39, 0.29) is 5.75 Å². The minimum absolute atomic E-state index is 0.130. The van der Waals surface area contributed by atoms with Gasteiger partial charge in [0.1, 0.15) is 5.82 Å². The number of anilines is 3. The number of unbranched alkanes of at least 4 members (excludes halogenated alkanes) is 1. The molecule has 2 rings (SSSR count). The molecule has 1 aromatic carbocycles. The highest BCUT2D eigenvalue weighted by Crippen LogP contribution is 2.25. The summed E-state index contributed by atoms with van der Waals surface area (Å²) in [5.41, 5.74) is 5.04. The van der Waals surface area contributed by atoms with E-state index in [2.05, 4.69) is 47.9 Å². The molecule has 2 aromatic rings. The highest BCUT2D eigenvalue weighted by atomic mass is 32.2. The number of rotatable bonds is 7. The quantitative estimate of drug-likeness (QED) is 0.784. The van der Waals surface area contributed by atoms with E-state index in [1.807, 2.05) is 6.92 Å². The molecule has 0 aliphatic carbocycles. The molecule has 0 fully saturated rings. The second-order valence-corrected chi connectivity index (χ2v) is 7.95. The van der Waals surface area contributed by atoms with Crippen molar-refractivity contribution in [2.24, 2.45) is 0 Å². The summed E-state index contributed by atoms with van der Waals surface area (Å²) in [6.07, 6.45) is 3.02. The van der Waals surface area contributed by atoms with Crippen molar-refractivity contribution in [3.63, 3.8) is 0 Å². The molecule has 1 heterocycles. The van der Waals surface area contributed by atoms with Crippen molar-refractivity contribution >= 4 is 27.2 Å². The van der Waals surface area contributed by atoms with Crippen LogP contribution in [0, 0.1) is 20.8 Å². The summed E-state index contributed by atoms with van der Waals surface area (Å²) >= 11 is 0. The maximum absolute atomic E-state index is 11.9. The molecule has 0 aliphatic heterocycles. The largest absolute Gasteiger partial charge is 0.340 e. The topological polar surface area (TPSA) is 71.1 Å². The normalized spacial score (nSPS) is 11.3. The number of hydrogen-bond donors (Lipinski definition) is 2. The molecule has 5 nitrogen and oxygen atoms in total. The first-order valence-corrected chi connectivity index (χ1v) is 9.77. The fraction of sp³-hybridized carbons (Fsp3) is 0.389.